The lowest BCUT2D eigenvalue weighted by atomic mass is 10.2. The van der Waals surface area contributed by atoms with Crippen LogP contribution in [0.25, 0.3) is 10.9 Å². The van der Waals surface area contributed by atoms with Gasteiger partial charge in [-0.25, -0.2) is 4.98 Å². The van der Waals surface area contributed by atoms with E-state index in [1.54, 1.807) is 29.9 Å². The molecule has 134 valence electrons. The summed E-state index contributed by atoms with van der Waals surface area (Å²) in [5, 5.41) is 1.55. The van der Waals surface area contributed by atoms with E-state index < -0.39 is 0 Å². The minimum absolute atomic E-state index is 0.0845. The third-order valence-corrected chi connectivity index (χ3v) is 5.38. The highest BCUT2D eigenvalue weighted by atomic mass is 35.5. The Hall–Kier alpha value is -1.57. The van der Waals surface area contributed by atoms with Crippen molar-refractivity contribution in [2.75, 3.05) is 32.6 Å². The molecule has 2 aromatic rings. The molecule has 0 spiro atoms. The fourth-order valence-electron chi connectivity index (χ4n) is 2.85. The predicted molar refractivity (Wildman–Crippen MR) is 99.4 cm³/mol. The topological polar surface area (TPSA) is 64.4 Å². The molecule has 1 aliphatic heterocycles. The molecular weight excluding hydrogens is 362 g/mol. The summed E-state index contributed by atoms with van der Waals surface area (Å²) in [5.74, 6) is 0.354. The van der Waals surface area contributed by atoms with Gasteiger partial charge in [0, 0.05) is 25.2 Å². The number of benzene rings is 1. The van der Waals surface area contributed by atoms with Crippen LogP contribution in [-0.2, 0) is 16.1 Å². The van der Waals surface area contributed by atoms with Crippen molar-refractivity contribution in [3.05, 3.63) is 33.6 Å². The van der Waals surface area contributed by atoms with E-state index in [0.29, 0.717) is 34.2 Å². The third kappa shape index (κ3) is 4.16. The van der Waals surface area contributed by atoms with Gasteiger partial charge in [-0.3, -0.25) is 14.2 Å². The first kappa shape index (κ1) is 18.2. The van der Waals surface area contributed by atoms with Crippen molar-refractivity contribution in [1.29, 1.82) is 0 Å². The Bertz CT molecular complexity index is 834. The Labute approximate surface area is 155 Å². The van der Waals surface area contributed by atoms with Crippen LogP contribution in [0.3, 0.4) is 0 Å². The Kier molecular flexibility index (Phi) is 5.98. The van der Waals surface area contributed by atoms with Gasteiger partial charge in [0.2, 0.25) is 5.91 Å². The summed E-state index contributed by atoms with van der Waals surface area (Å²) in [6.07, 6.45) is 2.11. The van der Waals surface area contributed by atoms with Crippen molar-refractivity contribution >= 4 is 40.2 Å². The molecule has 0 N–H and O–H groups in total. The van der Waals surface area contributed by atoms with Crippen LogP contribution in [-0.4, -0.2) is 52.9 Å². The summed E-state index contributed by atoms with van der Waals surface area (Å²) in [7, 11) is 1.59. The van der Waals surface area contributed by atoms with E-state index in [4.69, 9.17) is 16.3 Å². The number of amides is 1. The number of carbonyl (C=O) groups excluding carboxylic acids is 1. The molecule has 1 fully saturated rings. The molecule has 1 aromatic carbocycles. The van der Waals surface area contributed by atoms with Crippen LogP contribution in [0.1, 0.15) is 12.8 Å². The van der Waals surface area contributed by atoms with E-state index in [9.17, 15) is 9.59 Å². The van der Waals surface area contributed by atoms with Gasteiger partial charge in [0.05, 0.1) is 29.8 Å². The number of hydrogen-bond acceptors (Lipinski definition) is 5. The predicted octanol–water partition coefficient (Wildman–Crippen LogP) is 2.41. The van der Waals surface area contributed by atoms with Gasteiger partial charge in [0.15, 0.2) is 5.16 Å². The lowest BCUT2D eigenvalue weighted by molar-refractivity contribution is -0.127. The van der Waals surface area contributed by atoms with Crippen LogP contribution in [0, 0.1) is 0 Å². The minimum Gasteiger partial charge on any atom is -0.383 e. The van der Waals surface area contributed by atoms with Crippen molar-refractivity contribution in [3.8, 4) is 0 Å². The van der Waals surface area contributed by atoms with Crippen LogP contribution in [0.2, 0.25) is 5.02 Å². The molecule has 0 bridgehead atoms. The van der Waals surface area contributed by atoms with Gasteiger partial charge in [0.1, 0.15) is 0 Å². The number of carbonyl (C=O) groups is 1. The third-order valence-electron chi connectivity index (χ3n) is 4.18. The first-order valence-corrected chi connectivity index (χ1v) is 9.56. The van der Waals surface area contributed by atoms with E-state index in [1.807, 2.05) is 4.90 Å². The monoisotopic (exact) mass is 381 g/mol. The number of nitrogens with zero attached hydrogens (tertiary/aromatic N) is 3. The maximum absolute atomic E-state index is 12.8. The summed E-state index contributed by atoms with van der Waals surface area (Å²) in [4.78, 5) is 31.5. The summed E-state index contributed by atoms with van der Waals surface area (Å²) in [6, 6.07) is 5.03. The van der Waals surface area contributed by atoms with Gasteiger partial charge in [0.25, 0.3) is 5.56 Å². The zero-order valence-corrected chi connectivity index (χ0v) is 15.6. The molecule has 1 aliphatic rings. The minimum atomic E-state index is -0.144. The second-order valence-corrected chi connectivity index (χ2v) is 7.26. The number of rotatable bonds is 6. The molecule has 3 rings (SSSR count). The number of hydrogen-bond donors (Lipinski definition) is 0. The summed E-state index contributed by atoms with van der Waals surface area (Å²) in [6.45, 7) is 2.42. The zero-order chi connectivity index (χ0) is 17.8. The van der Waals surface area contributed by atoms with Crippen molar-refractivity contribution in [1.82, 2.24) is 14.5 Å². The van der Waals surface area contributed by atoms with Gasteiger partial charge < -0.3 is 9.64 Å². The number of likely N-dealkylation sites (tertiary alicyclic amines) is 1. The van der Waals surface area contributed by atoms with Crippen molar-refractivity contribution < 1.29 is 9.53 Å². The second-order valence-electron chi connectivity index (χ2n) is 5.88. The Morgan fingerprint density at radius 1 is 1.36 bits per heavy atom. The van der Waals surface area contributed by atoms with Crippen LogP contribution in [0.15, 0.2) is 28.2 Å². The Morgan fingerprint density at radius 2 is 2.12 bits per heavy atom. The Morgan fingerprint density at radius 3 is 2.84 bits per heavy atom. The first-order valence-electron chi connectivity index (χ1n) is 8.20. The van der Waals surface area contributed by atoms with Crippen LogP contribution < -0.4 is 5.56 Å². The Balaban J connectivity index is 1.90. The number of methoxy groups -OCH3 is 1. The van der Waals surface area contributed by atoms with Gasteiger partial charge in [-0.05, 0) is 31.0 Å². The summed E-state index contributed by atoms with van der Waals surface area (Å²) >= 11 is 7.31. The fraction of sp³-hybridized carbons (Fsp3) is 0.471. The number of thioether (sulfide) groups is 1. The maximum Gasteiger partial charge on any atom is 0.262 e. The van der Waals surface area contributed by atoms with E-state index in [1.165, 1.54) is 11.8 Å². The first-order chi connectivity index (χ1) is 12.1. The highest BCUT2D eigenvalue weighted by Crippen LogP contribution is 2.21. The average Bonchev–Trinajstić information content (AvgIpc) is 3.13. The molecule has 0 atom stereocenters. The molecule has 0 unspecified atom stereocenters. The molecular formula is C17H20ClN3O3S. The van der Waals surface area contributed by atoms with Gasteiger partial charge in [-0.2, -0.15) is 0 Å². The molecule has 0 radical (unpaired) electrons. The van der Waals surface area contributed by atoms with Crippen LogP contribution in [0.4, 0.5) is 0 Å². The normalized spacial score (nSPS) is 14.4. The molecule has 2 heterocycles. The lowest BCUT2D eigenvalue weighted by Gasteiger charge is -2.16. The number of aromatic nitrogens is 2. The number of halogens is 1. The van der Waals surface area contributed by atoms with Crippen molar-refractivity contribution in [2.24, 2.45) is 0 Å². The van der Waals surface area contributed by atoms with Gasteiger partial charge in [-0.15, -0.1) is 0 Å². The molecule has 0 aliphatic carbocycles. The molecule has 25 heavy (non-hydrogen) atoms. The van der Waals surface area contributed by atoms with E-state index in [-0.39, 0.29) is 17.2 Å². The molecule has 8 heteroatoms. The largest absolute Gasteiger partial charge is 0.383 e. The van der Waals surface area contributed by atoms with Crippen molar-refractivity contribution in [2.45, 2.75) is 24.5 Å². The quantitative estimate of drug-likeness (QED) is 0.568. The van der Waals surface area contributed by atoms with Crippen LogP contribution >= 0.6 is 23.4 Å². The van der Waals surface area contributed by atoms with Gasteiger partial charge >= 0.3 is 0 Å². The highest BCUT2D eigenvalue weighted by molar-refractivity contribution is 7.99. The van der Waals surface area contributed by atoms with Crippen molar-refractivity contribution in [3.63, 3.8) is 0 Å². The zero-order valence-electron chi connectivity index (χ0n) is 14.0. The van der Waals surface area contributed by atoms with E-state index in [0.717, 1.165) is 25.9 Å². The molecule has 1 amide bonds. The molecule has 0 saturated carbocycles. The van der Waals surface area contributed by atoms with E-state index in [2.05, 4.69) is 4.98 Å². The van der Waals surface area contributed by atoms with Crippen LogP contribution in [0.5, 0.6) is 0 Å². The molecule has 6 nitrogen and oxygen atoms in total. The smallest absolute Gasteiger partial charge is 0.262 e. The fourth-order valence-corrected chi connectivity index (χ4v) is 3.94. The summed E-state index contributed by atoms with van der Waals surface area (Å²) in [5.41, 5.74) is 0.400. The van der Waals surface area contributed by atoms with Gasteiger partial charge in [-0.1, -0.05) is 23.4 Å². The second kappa shape index (κ2) is 8.21. The standard InChI is InChI=1S/C17H20ClN3O3S/c1-24-9-8-21-16(23)13-5-4-12(18)10-14(13)19-17(21)25-11-15(22)20-6-2-3-7-20/h4-5,10H,2-3,6-9,11H2,1H3. The number of fused-ring (bicyclic) bond motifs is 1. The number of ether oxygens (including phenoxy) is 1. The summed E-state index contributed by atoms with van der Waals surface area (Å²) < 4.78 is 6.67. The SMILES string of the molecule is COCCn1c(SCC(=O)N2CCCC2)nc2cc(Cl)ccc2c1=O. The van der Waals surface area contributed by atoms with E-state index >= 15 is 0 Å². The molecule has 1 saturated heterocycles. The average molecular weight is 382 g/mol. The highest BCUT2D eigenvalue weighted by Gasteiger charge is 2.19. The maximum atomic E-state index is 12.8. The molecule has 1 aromatic heterocycles. The lowest BCUT2D eigenvalue weighted by Crippen LogP contribution is -2.30.